The van der Waals surface area contributed by atoms with Gasteiger partial charge in [0.2, 0.25) is 0 Å². The molecule has 9 heteroatoms. The van der Waals surface area contributed by atoms with E-state index in [0.29, 0.717) is 36.4 Å². The van der Waals surface area contributed by atoms with Gasteiger partial charge in [0.15, 0.2) is 0 Å². The highest BCUT2D eigenvalue weighted by atomic mass is 35.5. The lowest BCUT2D eigenvalue weighted by Gasteiger charge is -2.16. The summed E-state index contributed by atoms with van der Waals surface area (Å²) in [7, 11) is 0. The van der Waals surface area contributed by atoms with Crippen molar-refractivity contribution in [1.82, 2.24) is 5.32 Å². The highest BCUT2D eigenvalue weighted by Gasteiger charge is 2.20. The lowest BCUT2D eigenvalue weighted by atomic mass is 10.0. The van der Waals surface area contributed by atoms with Crippen molar-refractivity contribution in [3.05, 3.63) is 53.6 Å². The standard InChI is InChI=1S/C24H27N3O4.2ClH/c1-2-29-23(28)8-4-15-3-6-21(30-18-9-10-27-14-18)19(11-15)22-13-17-12-16(24(25)26)5-7-20(17)31-22;;/h3,5-7,11-13,18,27H,2,4,8-10,14H2,1H3,(H3,25,26);2*1H/t18-;;/m0../s1. The van der Waals surface area contributed by atoms with Gasteiger partial charge in [-0.25, -0.2) is 0 Å². The average Bonchev–Trinajstić information content (AvgIpc) is 3.42. The molecule has 3 aromatic rings. The van der Waals surface area contributed by atoms with Crippen LogP contribution in [0.15, 0.2) is 46.9 Å². The molecular formula is C24H29Cl2N3O4. The summed E-state index contributed by atoms with van der Waals surface area (Å²) in [6, 6.07) is 13.3. The van der Waals surface area contributed by atoms with E-state index in [-0.39, 0.29) is 42.7 Å². The monoisotopic (exact) mass is 493 g/mol. The van der Waals surface area contributed by atoms with E-state index < -0.39 is 0 Å². The average molecular weight is 494 g/mol. The van der Waals surface area contributed by atoms with Gasteiger partial charge in [-0.2, -0.15) is 0 Å². The van der Waals surface area contributed by atoms with Gasteiger partial charge in [0, 0.05) is 23.9 Å². The predicted molar refractivity (Wildman–Crippen MR) is 134 cm³/mol. The van der Waals surface area contributed by atoms with E-state index in [0.717, 1.165) is 41.8 Å². The van der Waals surface area contributed by atoms with Crippen molar-refractivity contribution in [2.45, 2.75) is 32.3 Å². The summed E-state index contributed by atoms with van der Waals surface area (Å²) in [5, 5.41) is 11.8. The number of aryl methyl sites for hydroxylation is 1. The van der Waals surface area contributed by atoms with Crippen molar-refractivity contribution in [1.29, 1.82) is 5.41 Å². The smallest absolute Gasteiger partial charge is 0.306 e. The number of rotatable bonds is 8. The molecule has 0 aliphatic carbocycles. The highest BCUT2D eigenvalue weighted by molar-refractivity contribution is 5.99. The van der Waals surface area contributed by atoms with E-state index in [1.54, 1.807) is 13.0 Å². The van der Waals surface area contributed by atoms with E-state index in [9.17, 15) is 4.79 Å². The van der Waals surface area contributed by atoms with Crippen LogP contribution in [0.2, 0.25) is 0 Å². The minimum atomic E-state index is -0.207. The van der Waals surface area contributed by atoms with Gasteiger partial charge in [0.05, 0.1) is 12.2 Å². The van der Waals surface area contributed by atoms with E-state index in [4.69, 9.17) is 25.0 Å². The minimum Gasteiger partial charge on any atom is -0.488 e. The normalized spacial score (nSPS) is 14.9. The van der Waals surface area contributed by atoms with Gasteiger partial charge in [-0.15, -0.1) is 24.8 Å². The number of carbonyl (C=O) groups is 1. The van der Waals surface area contributed by atoms with Crippen LogP contribution < -0.4 is 15.8 Å². The molecule has 1 aromatic heterocycles. The Morgan fingerprint density at radius 3 is 2.73 bits per heavy atom. The number of benzene rings is 2. The SMILES string of the molecule is CCOC(=O)CCc1ccc(O[C@H]2CCNC2)c(-c2cc3cc(C(=N)N)ccc3o2)c1.Cl.Cl. The number of furan rings is 1. The molecule has 2 aromatic carbocycles. The fraction of sp³-hybridized carbons (Fsp3) is 0.333. The van der Waals surface area contributed by atoms with Gasteiger partial charge >= 0.3 is 5.97 Å². The quantitative estimate of drug-likeness (QED) is 0.242. The molecule has 1 aliphatic rings. The molecular weight excluding hydrogens is 465 g/mol. The van der Waals surface area contributed by atoms with Crippen molar-refractivity contribution in [3.8, 4) is 17.1 Å². The predicted octanol–water partition coefficient (Wildman–Crippen LogP) is 4.46. The Bertz CT molecular complexity index is 1110. The van der Waals surface area contributed by atoms with Gasteiger partial charge in [-0.05, 0) is 68.3 Å². The van der Waals surface area contributed by atoms with E-state index >= 15 is 0 Å². The van der Waals surface area contributed by atoms with Crippen LogP contribution in [0, 0.1) is 5.41 Å². The molecule has 7 nitrogen and oxygen atoms in total. The number of hydrogen-bond acceptors (Lipinski definition) is 6. The lowest BCUT2D eigenvalue weighted by molar-refractivity contribution is -0.143. The first-order valence-corrected chi connectivity index (χ1v) is 10.6. The molecule has 178 valence electrons. The maximum Gasteiger partial charge on any atom is 0.306 e. The molecule has 1 atom stereocenters. The number of halogens is 2. The molecule has 1 fully saturated rings. The van der Waals surface area contributed by atoms with Gasteiger partial charge in [-0.1, -0.05) is 6.07 Å². The molecule has 0 spiro atoms. The summed E-state index contributed by atoms with van der Waals surface area (Å²) in [5.74, 6) is 1.24. The molecule has 1 aliphatic heterocycles. The Morgan fingerprint density at radius 2 is 2.03 bits per heavy atom. The second-order valence-electron chi connectivity index (χ2n) is 7.65. The Kier molecular flexibility index (Phi) is 9.58. The zero-order valence-electron chi connectivity index (χ0n) is 18.4. The molecule has 0 saturated carbocycles. The number of hydrogen-bond donors (Lipinski definition) is 3. The Hall–Kier alpha value is -2.74. The van der Waals surface area contributed by atoms with E-state index in [1.165, 1.54) is 0 Å². The number of fused-ring (bicyclic) bond motifs is 1. The fourth-order valence-corrected chi connectivity index (χ4v) is 3.76. The third kappa shape index (κ3) is 6.41. The van der Waals surface area contributed by atoms with Crippen LogP contribution in [0.5, 0.6) is 5.75 Å². The summed E-state index contributed by atoms with van der Waals surface area (Å²) in [4.78, 5) is 11.8. The van der Waals surface area contributed by atoms with Gasteiger partial charge in [0.25, 0.3) is 0 Å². The van der Waals surface area contributed by atoms with Crippen LogP contribution >= 0.6 is 24.8 Å². The van der Waals surface area contributed by atoms with Gasteiger partial charge in [0.1, 0.15) is 29.0 Å². The number of carbonyl (C=O) groups excluding carboxylic acids is 1. The fourth-order valence-electron chi connectivity index (χ4n) is 3.76. The maximum absolute atomic E-state index is 11.8. The van der Waals surface area contributed by atoms with Gasteiger partial charge in [-0.3, -0.25) is 10.2 Å². The summed E-state index contributed by atoms with van der Waals surface area (Å²) in [6.07, 6.45) is 1.96. The summed E-state index contributed by atoms with van der Waals surface area (Å²) >= 11 is 0. The van der Waals surface area contributed by atoms with E-state index in [1.807, 2.05) is 36.4 Å². The molecule has 0 unspecified atom stereocenters. The maximum atomic E-state index is 11.8. The van der Waals surface area contributed by atoms with Crippen molar-refractivity contribution >= 4 is 47.6 Å². The molecule has 0 bridgehead atoms. The van der Waals surface area contributed by atoms with Gasteiger partial charge < -0.3 is 24.9 Å². The molecule has 33 heavy (non-hydrogen) atoms. The molecule has 1 saturated heterocycles. The van der Waals surface area contributed by atoms with Crippen molar-refractivity contribution in [2.24, 2.45) is 5.73 Å². The topological polar surface area (TPSA) is 111 Å². The number of nitrogens with two attached hydrogens (primary N) is 1. The summed E-state index contributed by atoms with van der Waals surface area (Å²) in [6.45, 7) is 3.94. The van der Waals surface area contributed by atoms with Crippen molar-refractivity contribution in [2.75, 3.05) is 19.7 Å². The third-order valence-corrected chi connectivity index (χ3v) is 5.37. The largest absolute Gasteiger partial charge is 0.488 e. The van der Waals surface area contributed by atoms with Crippen LogP contribution in [0.1, 0.15) is 30.9 Å². The zero-order chi connectivity index (χ0) is 21.8. The number of esters is 1. The number of ether oxygens (including phenoxy) is 2. The molecule has 0 radical (unpaired) electrons. The molecule has 4 N–H and O–H groups in total. The highest BCUT2D eigenvalue weighted by Crippen LogP contribution is 2.36. The van der Waals surface area contributed by atoms with Crippen LogP contribution in [0.4, 0.5) is 0 Å². The molecule has 2 heterocycles. The first-order chi connectivity index (χ1) is 15.0. The zero-order valence-corrected chi connectivity index (χ0v) is 20.0. The van der Waals surface area contributed by atoms with Crippen LogP contribution in [-0.4, -0.2) is 37.6 Å². The Balaban J connectivity index is 0.00000193. The van der Waals surface area contributed by atoms with Crippen LogP contribution in [0.25, 0.3) is 22.3 Å². The van der Waals surface area contributed by atoms with Crippen LogP contribution in [-0.2, 0) is 16.0 Å². The Labute approximate surface area is 205 Å². The van der Waals surface area contributed by atoms with Crippen molar-refractivity contribution in [3.63, 3.8) is 0 Å². The molecule has 0 amide bonds. The van der Waals surface area contributed by atoms with Crippen LogP contribution in [0.3, 0.4) is 0 Å². The van der Waals surface area contributed by atoms with E-state index in [2.05, 4.69) is 5.32 Å². The summed E-state index contributed by atoms with van der Waals surface area (Å²) in [5.41, 5.74) is 8.84. The first-order valence-electron chi connectivity index (χ1n) is 10.6. The summed E-state index contributed by atoms with van der Waals surface area (Å²) < 4.78 is 17.4. The minimum absolute atomic E-state index is 0. The Morgan fingerprint density at radius 1 is 1.21 bits per heavy atom. The molecule has 4 rings (SSSR count). The number of nitrogens with one attached hydrogen (secondary N) is 2. The lowest BCUT2D eigenvalue weighted by Crippen LogP contribution is -2.19. The second kappa shape index (κ2) is 11.9. The van der Waals surface area contributed by atoms with Crippen molar-refractivity contribution < 1.29 is 18.7 Å². The third-order valence-electron chi connectivity index (χ3n) is 5.37. The first kappa shape index (κ1) is 26.5. The number of amidine groups is 1. The number of nitrogen functional groups attached to an aromatic ring is 1. The second-order valence-corrected chi connectivity index (χ2v) is 7.65.